The highest BCUT2D eigenvalue weighted by Crippen LogP contribution is 2.17. The molecule has 5 nitrogen and oxygen atoms in total. The fourth-order valence-electron chi connectivity index (χ4n) is 2.14. The molecule has 1 aromatic rings. The highest BCUT2D eigenvalue weighted by molar-refractivity contribution is 5.99. The number of carbonyl (C=O) groups excluding carboxylic acids is 2. The Bertz CT molecular complexity index is 548. The standard InChI is InChI=1S/C17H24N2O3/c1-12(5-10-16(20)18-22)11-13(2)17(21)14-6-8-15(9-7-14)19(3)4/h6-9,11,13,22H,5,10H2,1-4H3,(H,18,20). The third-order valence-corrected chi connectivity index (χ3v) is 3.49. The fourth-order valence-corrected chi connectivity index (χ4v) is 2.14. The molecule has 0 saturated heterocycles. The summed E-state index contributed by atoms with van der Waals surface area (Å²) in [5.74, 6) is -0.621. The number of nitrogens with zero attached hydrogens (tertiary/aromatic N) is 1. The number of hydroxylamine groups is 1. The average molecular weight is 304 g/mol. The summed E-state index contributed by atoms with van der Waals surface area (Å²) >= 11 is 0. The SMILES string of the molecule is CC(=CC(C)C(=O)c1ccc(N(C)C)cc1)CCC(=O)NO. The lowest BCUT2D eigenvalue weighted by atomic mass is 9.96. The molecule has 0 saturated carbocycles. The van der Waals surface area contributed by atoms with Gasteiger partial charge in [0, 0.05) is 37.7 Å². The van der Waals surface area contributed by atoms with E-state index in [9.17, 15) is 9.59 Å². The molecule has 2 N–H and O–H groups in total. The molecule has 0 aliphatic rings. The Morgan fingerprint density at radius 2 is 1.82 bits per heavy atom. The van der Waals surface area contributed by atoms with Crippen molar-refractivity contribution < 1.29 is 14.8 Å². The van der Waals surface area contributed by atoms with Gasteiger partial charge in [0.05, 0.1) is 0 Å². The number of allylic oxidation sites excluding steroid dienone is 2. The lowest BCUT2D eigenvalue weighted by Crippen LogP contribution is -2.18. The number of anilines is 1. The Balaban J connectivity index is 2.69. The lowest BCUT2D eigenvalue weighted by molar-refractivity contribution is -0.129. The van der Waals surface area contributed by atoms with Crippen LogP contribution in [0.15, 0.2) is 35.9 Å². The molecular formula is C17H24N2O3. The van der Waals surface area contributed by atoms with Crippen LogP contribution in [0.3, 0.4) is 0 Å². The zero-order chi connectivity index (χ0) is 16.7. The van der Waals surface area contributed by atoms with Gasteiger partial charge in [-0.2, -0.15) is 0 Å². The molecule has 0 aromatic heterocycles. The minimum atomic E-state index is -0.425. The summed E-state index contributed by atoms with van der Waals surface area (Å²) in [5.41, 5.74) is 4.28. The average Bonchev–Trinajstić information content (AvgIpc) is 2.51. The van der Waals surface area contributed by atoms with Crippen molar-refractivity contribution in [2.75, 3.05) is 19.0 Å². The molecule has 0 bridgehead atoms. The van der Waals surface area contributed by atoms with Crippen LogP contribution in [-0.4, -0.2) is 31.0 Å². The molecular weight excluding hydrogens is 280 g/mol. The Hall–Kier alpha value is -2.14. The van der Waals surface area contributed by atoms with E-state index in [4.69, 9.17) is 5.21 Å². The van der Waals surface area contributed by atoms with Gasteiger partial charge in [0.2, 0.25) is 5.91 Å². The molecule has 0 spiro atoms. The zero-order valence-electron chi connectivity index (χ0n) is 13.6. The van der Waals surface area contributed by atoms with Crippen LogP contribution in [0.1, 0.15) is 37.0 Å². The van der Waals surface area contributed by atoms with Gasteiger partial charge in [0.25, 0.3) is 0 Å². The Labute approximate surface area is 131 Å². The summed E-state index contributed by atoms with van der Waals surface area (Å²) in [6.07, 6.45) is 2.59. The second-order valence-electron chi connectivity index (χ2n) is 5.64. The van der Waals surface area contributed by atoms with Gasteiger partial charge in [0.1, 0.15) is 0 Å². The Kier molecular flexibility index (Phi) is 6.79. The molecule has 1 amide bonds. The van der Waals surface area contributed by atoms with Gasteiger partial charge >= 0.3 is 0 Å². The van der Waals surface area contributed by atoms with Crippen molar-refractivity contribution in [1.29, 1.82) is 0 Å². The first-order valence-electron chi connectivity index (χ1n) is 7.27. The van der Waals surface area contributed by atoms with Gasteiger partial charge < -0.3 is 4.90 Å². The fraction of sp³-hybridized carbons (Fsp3) is 0.412. The summed E-state index contributed by atoms with van der Waals surface area (Å²) in [4.78, 5) is 25.3. The maximum Gasteiger partial charge on any atom is 0.243 e. The molecule has 1 atom stereocenters. The first kappa shape index (κ1) is 17.9. The number of hydrogen-bond acceptors (Lipinski definition) is 4. The van der Waals surface area contributed by atoms with Gasteiger partial charge in [-0.05, 0) is 37.6 Å². The molecule has 1 aromatic carbocycles. The van der Waals surface area contributed by atoms with Crippen molar-refractivity contribution in [2.24, 2.45) is 5.92 Å². The van der Waals surface area contributed by atoms with Crippen LogP contribution < -0.4 is 10.4 Å². The van der Waals surface area contributed by atoms with Crippen LogP contribution in [0, 0.1) is 5.92 Å². The number of rotatable bonds is 7. The summed E-state index contributed by atoms with van der Waals surface area (Å²) < 4.78 is 0. The maximum atomic E-state index is 12.4. The van der Waals surface area contributed by atoms with Gasteiger partial charge in [-0.15, -0.1) is 0 Å². The third kappa shape index (κ3) is 5.33. The molecule has 22 heavy (non-hydrogen) atoms. The van der Waals surface area contributed by atoms with E-state index >= 15 is 0 Å². The number of Topliss-reactive ketones (excluding diaryl/α,β-unsaturated/α-hetero) is 1. The van der Waals surface area contributed by atoms with Crippen LogP contribution in [-0.2, 0) is 4.79 Å². The first-order chi connectivity index (χ1) is 10.3. The minimum absolute atomic E-state index is 0.0521. The van der Waals surface area contributed by atoms with Gasteiger partial charge in [-0.3, -0.25) is 14.8 Å². The van der Waals surface area contributed by atoms with Crippen molar-refractivity contribution in [2.45, 2.75) is 26.7 Å². The number of benzene rings is 1. The van der Waals surface area contributed by atoms with Gasteiger partial charge in [-0.25, -0.2) is 5.48 Å². The molecule has 0 fully saturated rings. The van der Waals surface area contributed by atoms with Crippen molar-refractivity contribution in [1.82, 2.24) is 5.48 Å². The molecule has 5 heteroatoms. The van der Waals surface area contributed by atoms with Gasteiger partial charge in [0.15, 0.2) is 5.78 Å². The number of carbonyl (C=O) groups is 2. The molecule has 0 aliphatic carbocycles. The van der Waals surface area contributed by atoms with E-state index < -0.39 is 5.91 Å². The summed E-state index contributed by atoms with van der Waals surface area (Å²) in [5, 5.41) is 8.45. The summed E-state index contributed by atoms with van der Waals surface area (Å²) in [6.45, 7) is 3.72. The predicted molar refractivity (Wildman–Crippen MR) is 87.2 cm³/mol. The molecule has 0 aliphatic heterocycles. The molecule has 0 radical (unpaired) electrons. The molecule has 120 valence electrons. The number of hydrogen-bond donors (Lipinski definition) is 2. The van der Waals surface area contributed by atoms with E-state index in [1.165, 1.54) is 0 Å². The molecule has 0 heterocycles. The van der Waals surface area contributed by atoms with Crippen LogP contribution in [0.2, 0.25) is 0 Å². The van der Waals surface area contributed by atoms with E-state index in [1.54, 1.807) is 5.48 Å². The Morgan fingerprint density at radius 3 is 2.32 bits per heavy atom. The highest BCUT2D eigenvalue weighted by Gasteiger charge is 2.13. The number of nitrogens with one attached hydrogen (secondary N) is 1. The summed E-state index contributed by atoms with van der Waals surface area (Å²) in [6, 6.07) is 7.50. The van der Waals surface area contributed by atoms with Gasteiger partial charge in [-0.1, -0.05) is 18.6 Å². The quantitative estimate of drug-likeness (QED) is 0.352. The van der Waals surface area contributed by atoms with Crippen LogP contribution in [0.5, 0.6) is 0 Å². The van der Waals surface area contributed by atoms with Crippen molar-refractivity contribution in [3.05, 3.63) is 41.5 Å². The van der Waals surface area contributed by atoms with Crippen molar-refractivity contribution in [3.63, 3.8) is 0 Å². The van der Waals surface area contributed by atoms with E-state index in [2.05, 4.69) is 0 Å². The van der Waals surface area contributed by atoms with Crippen LogP contribution in [0.25, 0.3) is 0 Å². The Morgan fingerprint density at radius 1 is 1.23 bits per heavy atom. The largest absolute Gasteiger partial charge is 0.378 e. The second kappa shape index (κ2) is 8.34. The van der Waals surface area contributed by atoms with Crippen LogP contribution >= 0.6 is 0 Å². The second-order valence-corrected chi connectivity index (χ2v) is 5.64. The third-order valence-electron chi connectivity index (χ3n) is 3.49. The van der Waals surface area contributed by atoms with Crippen LogP contribution in [0.4, 0.5) is 5.69 Å². The minimum Gasteiger partial charge on any atom is -0.378 e. The molecule has 1 rings (SSSR count). The maximum absolute atomic E-state index is 12.4. The van der Waals surface area contributed by atoms with Crippen molar-refractivity contribution in [3.8, 4) is 0 Å². The smallest absolute Gasteiger partial charge is 0.243 e. The first-order valence-corrected chi connectivity index (χ1v) is 7.27. The zero-order valence-corrected chi connectivity index (χ0v) is 13.6. The lowest BCUT2D eigenvalue weighted by Gasteiger charge is -2.13. The normalized spacial score (nSPS) is 12.7. The van der Waals surface area contributed by atoms with Crippen molar-refractivity contribution >= 4 is 17.4 Å². The van der Waals surface area contributed by atoms with E-state index in [0.29, 0.717) is 12.0 Å². The van der Waals surface area contributed by atoms with E-state index in [1.807, 2.05) is 63.2 Å². The predicted octanol–water partition coefficient (Wildman–Crippen LogP) is 2.80. The number of amides is 1. The topological polar surface area (TPSA) is 69.6 Å². The summed E-state index contributed by atoms with van der Waals surface area (Å²) in [7, 11) is 3.90. The highest BCUT2D eigenvalue weighted by atomic mass is 16.5. The van der Waals surface area contributed by atoms with E-state index in [-0.39, 0.29) is 18.1 Å². The monoisotopic (exact) mass is 304 g/mol. The number of ketones is 1. The molecule has 1 unspecified atom stereocenters. The van der Waals surface area contributed by atoms with E-state index in [0.717, 1.165) is 11.3 Å².